The number of hydrogen-bond donors (Lipinski definition) is 1. The zero-order valence-electron chi connectivity index (χ0n) is 28.9. The van der Waals surface area contributed by atoms with Crippen molar-refractivity contribution in [1.82, 2.24) is 5.32 Å². The normalized spacial score (nSPS) is 13.9. The summed E-state index contributed by atoms with van der Waals surface area (Å²) in [7, 11) is 0. The highest BCUT2D eigenvalue weighted by Crippen LogP contribution is 2.72. The van der Waals surface area contributed by atoms with E-state index in [1.54, 1.807) is 23.1 Å². The fraction of sp³-hybridized carbons (Fsp3) is 0.0682. The van der Waals surface area contributed by atoms with E-state index in [0.29, 0.717) is 6.42 Å². The minimum atomic E-state index is -2.28. The van der Waals surface area contributed by atoms with Crippen LogP contribution in [0.2, 0.25) is 0 Å². The van der Waals surface area contributed by atoms with E-state index < -0.39 is 8.64 Å². The quantitative estimate of drug-likeness (QED) is 0.0526. The fourth-order valence-corrected chi connectivity index (χ4v) is 22.8. The molecule has 0 heterocycles. The summed E-state index contributed by atoms with van der Waals surface area (Å²) < 4.78 is -2.94. The van der Waals surface area contributed by atoms with E-state index in [1.165, 1.54) is 63.7 Å². The largest absolute Gasteiger partial charge is 0.350 e. The molecule has 0 aliphatic rings. The van der Waals surface area contributed by atoms with Gasteiger partial charge in [0, 0.05) is 32.8 Å². The number of thioether (sulfide) groups is 1. The Hall–Kier alpha value is -2.74. The predicted molar refractivity (Wildman–Crippen MR) is 259 cm³/mol. The van der Waals surface area contributed by atoms with Crippen molar-refractivity contribution in [3.63, 3.8) is 0 Å². The van der Waals surface area contributed by atoms with Gasteiger partial charge in [-0.1, -0.05) is 205 Å². The summed E-state index contributed by atoms with van der Waals surface area (Å²) >= 11 is 26.3. The Morgan fingerprint density at radius 2 is 1.06 bits per heavy atom. The van der Waals surface area contributed by atoms with Crippen molar-refractivity contribution < 1.29 is 0 Å². The van der Waals surface area contributed by atoms with E-state index in [2.05, 4.69) is 175 Å². The third-order valence-electron chi connectivity index (χ3n) is 9.26. The van der Waals surface area contributed by atoms with Gasteiger partial charge >= 0.3 is 0 Å². The summed E-state index contributed by atoms with van der Waals surface area (Å²) in [6, 6.07) is 60.6. The van der Waals surface area contributed by atoms with E-state index in [4.69, 9.17) is 35.8 Å². The van der Waals surface area contributed by atoms with Gasteiger partial charge in [-0.15, -0.1) is 11.4 Å². The molecule has 266 valence electrons. The van der Waals surface area contributed by atoms with Crippen LogP contribution in [0.3, 0.4) is 0 Å². The summed E-state index contributed by atoms with van der Waals surface area (Å²) in [4.78, 5) is 3.21. The standard InChI is InChI=1S/C44H33NP2S7/c48-43(29-30-51-47(50,40-26-10-18-32-14-2-6-22-36(32)40)53-42-28-12-20-34-16-4-8-24-38(34)42)45-44(54-46-49,39-25-9-17-31-13-1-5-21-35(31)39)52-41-27-11-19-33-15-3-7-23-37(33)41/h1-28H,29-30H2,(H,45,48)/p+1. The van der Waals surface area contributed by atoms with Crippen molar-refractivity contribution in [2.75, 3.05) is 5.75 Å². The number of hydrogen-bond acceptors (Lipinski definition) is 7. The topological polar surface area (TPSA) is 12.0 Å². The Kier molecular flexibility index (Phi) is 12.1. The number of rotatable bonds is 13. The van der Waals surface area contributed by atoms with Crippen LogP contribution in [0.4, 0.5) is 0 Å². The van der Waals surface area contributed by atoms with Gasteiger partial charge in [0.1, 0.15) is 11.4 Å². The van der Waals surface area contributed by atoms with Gasteiger partial charge in [-0.2, -0.15) is 0 Å². The van der Waals surface area contributed by atoms with Gasteiger partial charge in [-0.05, 0) is 55.2 Å². The van der Waals surface area contributed by atoms with E-state index in [-0.39, 0.29) is 6.56 Å². The molecule has 0 amide bonds. The lowest BCUT2D eigenvalue weighted by Gasteiger charge is -2.32. The van der Waals surface area contributed by atoms with E-state index >= 15 is 0 Å². The molecule has 8 rings (SSSR count). The highest BCUT2D eigenvalue weighted by molar-refractivity contribution is 9.02. The number of thiocarbonyl (C=S) groups is 1. The zero-order valence-corrected chi connectivity index (χ0v) is 36.5. The second kappa shape index (κ2) is 17.2. The van der Waals surface area contributed by atoms with E-state index in [1.807, 2.05) is 22.8 Å². The van der Waals surface area contributed by atoms with Gasteiger partial charge in [-0.25, -0.2) is 0 Å². The van der Waals surface area contributed by atoms with E-state index in [9.17, 15) is 0 Å². The molecule has 0 fully saturated rings. The van der Waals surface area contributed by atoms with Crippen molar-refractivity contribution in [3.8, 4) is 0 Å². The van der Waals surface area contributed by atoms with Crippen LogP contribution in [0.25, 0.3) is 43.1 Å². The summed E-state index contributed by atoms with van der Waals surface area (Å²) in [6.45, 7) is 0.212. The molecule has 10 heteroatoms. The van der Waals surface area contributed by atoms with Gasteiger partial charge in [0.2, 0.25) is 10.8 Å². The molecule has 0 bridgehead atoms. The van der Waals surface area contributed by atoms with Gasteiger partial charge < -0.3 is 5.32 Å². The molecule has 54 heavy (non-hydrogen) atoms. The summed E-state index contributed by atoms with van der Waals surface area (Å²) in [6.07, 6.45) is 0.683. The minimum absolute atomic E-state index is 0.212. The van der Waals surface area contributed by atoms with Gasteiger partial charge in [0.05, 0.1) is 9.43 Å². The molecular weight excluding hydrogens is 829 g/mol. The predicted octanol–water partition coefficient (Wildman–Crippen LogP) is 14.5. The molecular formula is C44H34NP2S7+. The maximum atomic E-state index is 6.86. The Bertz CT molecular complexity index is 2700. The van der Waals surface area contributed by atoms with Crippen molar-refractivity contribution in [1.29, 1.82) is 0 Å². The maximum absolute atomic E-state index is 6.86. The smallest absolute Gasteiger partial charge is 0.234 e. The van der Waals surface area contributed by atoms with Gasteiger partial charge in [0.15, 0.2) is 11.8 Å². The van der Waals surface area contributed by atoms with Crippen LogP contribution in [-0.2, 0) is 27.8 Å². The number of fused-ring (bicyclic) bond motifs is 4. The van der Waals surface area contributed by atoms with Gasteiger partial charge in [0.25, 0.3) is 0 Å². The number of benzene rings is 8. The molecule has 0 aromatic heterocycles. The second-order valence-corrected chi connectivity index (χ2v) is 29.3. The molecule has 0 aliphatic heterocycles. The maximum Gasteiger partial charge on any atom is 0.234 e. The Balaban J connectivity index is 1.14. The molecule has 0 saturated heterocycles. The second-order valence-electron chi connectivity index (χ2n) is 12.6. The van der Waals surface area contributed by atoms with Gasteiger partial charge in [-0.3, -0.25) is 0 Å². The average molecular weight is 863 g/mol. The Morgan fingerprint density at radius 3 is 1.70 bits per heavy atom. The molecule has 1 N–H and O–H groups in total. The average Bonchev–Trinajstić information content (AvgIpc) is 3.21. The van der Waals surface area contributed by atoms with Crippen LogP contribution < -0.4 is 10.6 Å². The lowest BCUT2D eigenvalue weighted by molar-refractivity contribution is 0.828. The summed E-state index contributed by atoms with van der Waals surface area (Å²) in [5.74, 6) is 0.787. The van der Waals surface area contributed by atoms with Crippen LogP contribution in [-0.4, -0.2) is 10.7 Å². The lowest BCUT2D eigenvalue weighted by Crippen LogP contribution is -2.39. The first-order chi connectivity index (χ1) is 26.5. The van der Waals surface area contributed by atoms with Crippen molar-refractivity contribution >= 4 is 146 Å². The van der Waals surface area contributed by atoms with Crippen molar-refractivity contribution in [2.24, 2.45) is 0 Å². The first-order valence-electron chi connectivity index (χ1n) is 17.4. The Labute approximate surface area is 350 Å². The fourth-order valence-electron chi connectivity index (χ4n) is 6.76. The molecule has 3 atom stereocenters. The summed E-state index contributed by atoms with van der Waals surface area (Å²) in [5, 5.41) is 14.9. The molecule has 0 spiro atoms. The van der Waals surface area contributed by atoms with Crippen LogP contribution in [0.15, 0.2) is 180 Å². The first kappa shape index (κ1) is 38.1. The third-order valence-corrected chi connectivity index (χ3v) is 24.7. The first-order valence-corrected chi connectivity index (χ1v) is 28.1. The zero-order chi connectivity index (χ0) is 37.0. The van der Waals surface area contributed by atoms with Crippen LogP contribution in [0, 0.1) is 0 Å². The minimum Gasteiger partial charge on any atom is -0.350 e. The van der Waals surface area contributed by atoms with E-state index in [0.717, 1.165) is 10.7 Å². The monoisotopic (exact) mass is 862 g/mol. The molecule has 3 unspecified atom stereocenters. The highest BCUT2D eigenvalue weighted by Gasteiger charge is 2.41. The summed E-state index contributed by atoms with van der Waals surface area (Å²) in [5.41, 5.74) is 1.17. The molecule has 8 aromatic carbocycles. The van der Waals surface area contributed by atoms with Crippen LogP contribution >= 0.6 is 69.1 Å². The van der Waals surface area contributed by atoms with Crippen LogP contribution in [0.5, 0.6) is 0 Å². The van der Waals surface area contributed by atoms with Crippen molar-refractivity contribution in [2.45, 2.75) is 20.4 Å². The molecule has 0 radical (unpaired) electrons. The molecule has 0 saturated carbocycles. The SMILES string of the molecule is S=[PH+]SC(NC(=S)CCSP(=S)(Sc1cccc2ccccc12)c1cccc2ccccc12)(Sc1cccc2ccccc12)c1cccc2ccccc12. The van der Waals surface area contributed by atoms with Crippen molar-refractivity contribution in [3.05, 3.63) is 175 Å². The highest BCUT2D eigenvalue weighted by atomic mass is 33.2. The molecule has 1 nitrogen and oxygen atoms in total. The lowest BCUT2D eigenvalue weighted by atomic mass is 10.0. The van der Waals surface area contributed by atoms with Crippen LogP contribution in [0.1, 0.15) is 12.0 Å². The third kappa shape index (κ3) is 8.07. The molecule has 0 aliphatic carbocycles. The molecule has 8 aromatic rings. The Morgan fingerprint density at radius 1 is 0.574 bits per heavy atom. The number of nitrogens with one attached hydrogen (secondary N) is 1.